The summed E-state index contributed by atoms with van der Waals surface area (Å²) < 4.78 is 35.4. The number of rotatable bonds is 7. The number of sulfone groups is 1. The van der Waals surface area contributed by atoms with Crippen LogP contribution in [-0.4, -0.2) is 20.1 Å². The number of benzene rings is 3. The molecule has 3 aromatic carbocycles. The first-order valence-corrected chi connectivity index (χ1v) is 11.4. The van der Waals surface area contributed by atoms with Crippen molar-refractivity contribution in [3.63, 3.8) is 0 Å². The summed E-state index contributed by atoms with van der Waals surface area (Å²) in [7, 11) is -3.36. The summed E-state index contributed by atoms with van der Waals surface area (Å²) in [6.45, 7) is 1.75. The van der Waals surface area contributed by atoms with Crippen LogP contribution >= 0.6 is 0 Å². The van der Waals surface area contributed by atoms with Crippen molar-refractivity contribution < 1.29 is 22.4 Å². The number of carbonyl (C=O) groups is 1. The predicted molar refractivity (Wildman–Crippen MR) is 119 cm³/mol. The third kappa shape index (κ3) is 4.78. The van der Waals surface area contributed by atoms with E-state index in [0.29, 0.717) is 17.2 Å². The van der Waals surface area contributed by atoms with Crippen molar-refractivity contribution in [2.45, 2.75) is 18.4 Å². The Labute approximate surface area is 180 Å². The molecule has 0 spiro atoms. The lowest BCUT2D eigenvalue weighted by Crippen LogP contribution is -2.12. The molecule has 7 heteroatoms. The summed E-state index contributed by atoms with van der Waals surface area (Å²) in [6.07, 6.45) is 0. The molecular weight excluding hydrogens is 414 g/mol. The molecule has 0 fully saturated rings. The molecule has 1 N–H and O–H groups in total. The molecule has 0 saturated heterocycles. The highest BCUT2D eigenvalue weighted by Gasteiger charge is 2.15. The van der Waals surface area contributed by atoms with Crippen LogP contribution in [0, 0.1) is 0 Å². The van der Waals surface area contributed by atoms with Crippen molar-refractivity contribution in [1.82, 2.24) is 0 Å². The van der Waals surface area contributed by atoms with Crippen LogP contribution in [0.5, 0.6) is 5.75 Å². The molecule has 0 aliphatic carbocycles. The number of hydrogen-bond donors (Lipinski definition) is 1. The van der Waals surface area contributed by atoms with E-state index in [1.165, 1.54) is 12.1 Å². The van der Waals surface area contributed by atoms with E-state index in [2.05, 4.69) is 5.32 Å². The smallest absolute Gasteiger partial charge is 0.291 e. The van der Waals surface area contributed by atoms with Gasteiger partial charge in [0.25, 0.3) is 5.91 Å². The lowest BCUT2D eigenvalue weighted by Gasteiger charge is -2.07. The maximum absolute atomic E-state index is 12.5. The highest BCUT2D eigenvalue weighted by molar-refractivity contribution is 7.91. The minimum atomic E-state index is -3.36. The van der Waals surface area contributed by atoms with E-state index in [0.717, 1.165) is 10.8 Å². The maximum atomic E-state index is 12.5. The van der Waals surface area contributed by atoms with Gasteiger partial charge in [0, 0.05) is 5.69 Å². The van der Waals surface area contributed by atoms with E-state index in [4.69, 9.17) is 9.15 Å². The van der Waals surface area contributed by atoms with Gasteiger partial charge in [-0.05, 0) is 53.2 Å². The molecule has 0 unspecified atom stereocenters. The van der Waals surface area contributed by atoms with Crippen LogP contribution in [0.25, 0.3) is 10.8 Å². The predicted octanol–water partition coefficient (Wildman–Crippen LogP) is 5.06. The Kier molecular flexibility index (Phi) is 5.77. The van der Waals surface area contributed by atoms with Crippen LogP contribution in [-0.2, 0) is 16.4 Å². The van der Waals surface area contributed by atoms with Gasteiger partial charge >= 0.3 is 0 Å². The average Bonchev–Trinajstić information content (AvgIpc) is 3.27. The second kappa shape index (κ2) is 8.65. The zero-order chi connectivity index (χ0) is 21.8. The normalized spacial score (nSPS) is 11.4. The van der Waals surface area contributed by atoms with E-state index in [1.54, 1.807) is 31.2 Å². The van der Waals surface area contributed by atoms with Gasteiger partial charge in [0.05, 0.1) is 10.6 Å². The van der Waals surface area contributed by atoms with Crippen LogP contribution in [0.3, 0.4) is 0 Å². The molecule has 4 aromatic rings. The van der Waals surface area contributed by atoms with Crippen molar-refractivity contribution in [3.05, 3.63) is 90.4 Å². The fraction of sp³-hybridized carbons (Fsp3) is 0.125. The molecule has 0 bridgehead atoms. The minimum Gasteiger partial charge on any atom is -0.486 e. The standard InChI is InChI=1S/C24H21NO5S/c1-2-31(27,28)22-9-5-8-19(15-22)25-24(26)23-13-12-21(30-23)16-29-20-11-10-17-6-3-4-7-18(17)14-20/h3-15H,2,16H2,1H3,(H,25,26). The zero-order valence-electron chi connectivity index (χ0n) is 16.9. The average molecular weight is 436 g/mol. The quantitative estimate of drug-likeness (QED) is 0.439. The zero-order valence-corrected chi connectivity index (χ0v) is 17.7. The number of carbonyl (C=O) groups excluding carboxylic acids is 1. The van der Waals surface area contributed by atoms with Crippen molar-refractivity contribution in [1.29, 1.82) is 0 Å². The van der Waals surface area contributed by atoms with E-state index >= 15 is 0 Å². The first-order valence-electron chi connectivity index (χ1n) is 9.79. The summed E-state index contributed by atoms with van der Waals surface area (Å²) in [5.74, 6) is 0.836. The molecule has 0 saturated carbocycles. The Hall–Kier alpha value is -3.58. The lowest BCUT2D eigenvalue weighted by atomic mass is 10.1. The van der Waals surface area contributed by atoms with Gasteiger partial charge < -0.3 is 14.5 Å². The summed E-state index contributed by atoms with van der Waals surface area (Å²) >= 11 is 0. The second-order valence-electron chi connectivity index (χ2n) is 6.95. The number of fused-ring (bicyclic) bond motifs is 1. The third-order valence-corrected chi connectivity index (χ3v) is 6.55. The molecular formula is C24H21NO5S. The van der Waals surface area contributed by atoms with Crippen molar-refractivity contribution in [2.24, 2.45) is 0 Å². The van der Waals surface area contributed by atoms with Crippen LogP contribution < -0.4 is 10.1 Å². The molecule has 1 heterocycles. The Morgan fingerprint density at radius 1 is 0.935 bits per heavy atom. The number of ether oxygens (including phenoxy) is 1. The highest BCUT2D eigenvalue weighted by atomic mass is 32.2. The number of nitrogens with one attached hydrogen (secondary N) is 1. The molecule has 0 aliphatic heterocycles. The number of hydrogen-bond acceptors (Lipinski definition) is 5. The molecule has 0 radical (unpaired) electrons. The summed E-state index contributed by atoms with van der Waals surface area (Å²) in [6, 6.07) is 23.2. The molecule has 1 aromatic heterocycles. The van der Waals surface area contributed by atoms with Gasteiger partial charge in [-0.2, -0.15) is 0 Å². The molecule has 4 rings (SSSR count). The molecule has 0 atom stereocenters. The van der Waals surface area contributed by atoms with Crippen LogP contribution in [0.15, 0.2) is 88.2 Å². The van der Waals surface area contributed by atoms with Crippen molar-refractivity contribution >= 4 is 32.2 Å². The molecule has 1 amide bonds. The monoisotopic (exact) mass is 435 g/mol. The SMILES string of the molecule is CCS(=O)(=O)c1cccc(NC(=O)c2ccc(COc3ccc4ccccc4c3)o2)c1. The van der Waals surface area contributed by atoms with E-state index in [1.807, 2.05) is 42.5 Å². The van der Waals surface area contributed by atoms with Crippen molar-refractivity contribution in [3.8, 4) is 5.75 Å². The summed E-state index contributed by atoms with van der Waals surface area (Å²) in [4.78, 5) is 12.6. The topological polar surface area (TPSA) is 85.6 Å². The van der Waals surface area contributed by atoms with Gasteiger partial charge in [0.2, 0.25) is 0 Å². The van der Waals surface area contributed by atoms with Gasteiger partial charge in [-0.3, -0.25) is 4.79 Å². The van der Waals surface area contributed by atoms with Gasteiger partial charge in [-0.25, -0.2) is 8.42 Å². The van der Waals surface area contributed by atoms with Crippen molar-refractivity contribution in [2.75, 3.05) is 11.1 Å². The van der Waals surface area contributed by atoms with Gasteiger partial charge in [-0.15, -0.1) is 0 Å². The van der Waals surface area contributed by atoms with Crippen LogP contribution in [0.4, 0.5) is 5.69 Å². The van der Waals surface area contributed by atoms with Gasteiger partial charge in [0.1, 0.15) is 18.1 Å². The number of furan rings is 1. The van der Waals surface area contributed by atoms with Crippen LogP contribution in [0.1, 0.15) is 23.2 Å². The molecule has 31 heavy (non-hydrogen) atoms. The largest absolute Gasteiger partial charge is 0.486 e. The minimum absolute atomic E-state index is 0.0108. The fourth-order valence-electron chi connectivity index (χ4n) is 3.12. The molecule has 158 valence electrons. The highest BCUT2D eigenvalue weighted by Crippen LogP contribution is 2.22. The molecule has 0 aliphatic rings. The van der Waals surface area contributed by atoms with Gasteiger partial charge in [0.15, 0.2) is 15.6 Å². The second-order valence-corrected chi connectivity index (χ2v) is 9.23. The lowest BCUT2D eigenvalue weighted by molar-refractivity contribution is 0.0992. The van der Waals surface area contributed by atoms with Gasteiger partial charge in [-0.1, -0.05) is 43.3 Å². The Morgan fingerprint density at radius 2 is 1.74 bits per heavy atom. The Balaban J connectivity index is 1.41. The number of anilines is 1. The molecule has 6 nitrogen and oxygen atoms in total. The maximum Gasteiger partial charge on any atom is 0.291 e. The summed E-state index contributed by atoms with van der Waals surface area (Å²) in [5, 5.41) is 4.87. The summed E-state index contributed by atoms with van der Waals surface area (Å²) in [5.41, 5.74) is 0.380. The van der Waals surface area contributed by atoms with E-state index < -0.39 is 15.7 Å². The first kappa shape index (κ1) is 20.7. The number of amides is 1. The first-order chi connectivity index (χ1) is 14.9. The fourth-order valence-corrected chi connectivity index (χ4v) is 4.04. The third-order valence-electron chi connectivity index (χ3n) is 4.82. The van der Waals surface area contributed by atoms with Crippen LogP contribution in [0.2, 0.25) is 0 Å². The van der Waals surface area contributed by atoms with E-state index in [9.17, 15) is 13.2 Å². The van der Waals surface area contributed by atoms with E-state index in [-0.39, 0.29) is 23.0 Å². The Bertz CT molecular complexity index is 1340. The Morgan fingerprint density at radius 3 is 2.55 bits per heavy atom.